The molecule has 7 heteroatoms. The van der Waals surface area contributed by atoms with Gasteiger partial charge in [-0.15, -0.1) is 0 Å². The monoisotopic (exact) mass is 413 g/mol. The van der Waals surface area contributed by atoms with Gasteiger partial charge in [-0.2, -0.15) is 0 Å². The number of hydrogen-bond acceptors (Lipinski definition) is 5. The van der Waals surface area contributed by atoms with Gasteiger partial charge in [-0.3, -0.25) is 9.59 Å². The second kappa shape index (κ2) is 8.54. The fourth-order valence-electron chi connectivity index (χ4n) is 3.08. The highest BCUT2D eigenvalue weighted by Crippen LogP contribution is 2.18. The van der Waals surface area contributed by atoms with Gasteiger partial charge < -0.3 is 20.8 Å². The van der Waals surface area contributed by atoms with E-state index < -0.39 is 11.5 Å². The smallest absolute Gasteiger partial charge is 0.349 e. The Labute approximate surface area is 177 Å². The van der Waals surface area contributed by atoms with E-state index in [4.69, 9.17) is 10.2 Å². The lowest BCUT2D eigenvalue weighted by atomic mass is 10.1. The molecule has 4 rings (SSSR count). The predicted molar refractivity (Wildman–Crippen MR) is 119 cm³/mol. The van der Waals surface area contributed by atoms with Crippen molar-refractivity contribution in [2.24, 2.45) is 0 Å². The highest BCUT2D eigenvalue weighted by molar-refractivity contribution is 6.05. The quantitative estimate of drug-likeness (QED) is 0.342. The largest absolute Gasteiger partial charge is 0.422 e. The second-order valence-electron chi connectivity index (χ2n) is 6.91. The van der Waals surface area contributed by atoms with E-state index in [1.54, 1.807) is 72.8 Å². The van der Waals surface area contributed by atoms with Gasteiger partial charge >= 0.3 is 5.63 Å². The summed E-state index contributed by atoms with van der Waals surface area (Å²) in [4.78, 5) is 36.9. The van der Waals surface area contributed by atoms with Gasteiger partial charge in [0.15, 0.2) is 0 Å². The number of carbonyl (C=O) groups excluding carboxylic acids is 2. The number of carbonyl (C=O) groups is 2. The zero-order chi connectivity index (χ0) is 21.8. The minimum absolute atomic E-state index is 0.0600. The molecule has 0 saturated heterocycles. The normalized spacial score (nSPS) is 10.6. The molecule has 0 aliphatic heterocycles. The van der Waals surface area contributed by atoms with Gasteiger partial charge in [0.2, 0.25) is 0 Å². The summed E-state index contributed by atoms with van der Waals surface area (Å²) < 4.78 is 5.20. The van der Waals surface area contributed by atoms with Crippen molar-refractivity contribution in [3.63, 3.8) is 0 Å². The molecule has 0 fully saturated rings. The third-order valence-electron chi connectivity index (χ3n) is 4.76. The van der Waals surface area contributed by atoms with Crippen LogP contribution in [0, 0.1) is 0 Å². The van der Waals surface area contributed by atoms with Crippen molar-refractivity contribution in [1.29, 1.82) is 0 Å². The van der Waals surface area contributed by atoms with Crippen molar-refractivity contribution < 1.29 is 14.0 Å². The molecule has 1 aromatic heterocycles. The molecule has 0 aliphatic rings. The maximum atomic E-state index is 12.4. The summed E-state index contributed by atoms with van der Waals surface area (Å²) in [5.41, 5.74) is 7.76. The Morgan fingerprint density at radius 2 is 1.58 bits per heavy atom. The maximum absolute atomic E-state index is 12.4. The van der Waals surface area contributed by atoms with Crippen molar-refractivity contribution in [2.75, 3.05) is 11.1 Å². The van der Waals surface area contributed by atoms with E-state index in [1.807, 2.05) is 0 Å². The van der Waals surface area contributed by atoms with Crippen molar-refractivity contribution >= 4 is 34.2 Å². The first-order valence-corrected chi connectivity index (χ1v) is 9.57. The summed E-state index contributed by atoms with van der Waals surface area (Å²) in [5, 5.41) is 6.13. The highest BCUT2D eigenvalue weighted by atomic mass is 16.4. The number of fused-ring (bicyclic) bond motifs is 1. The fourth-order valence-corrected chi connectivity index (χ4v) is 3.08. The number of amides is 2. The van der Waals surface area contributed by atoms with Gasteiger partial charge in [0, 0.05) is 17.5 Å². The van der Waals surface area contributed by atoms with E-state index >= 15 is 0 Å². The van der Waals surface area contributed by atoms with E-state index in [0.717, 1.165) is 5.56 Å². The highest BCUT2D eigenvalue weighted by Gasteiger charge is 2.14. The lowest BCUT2D eigenvalue weighted by molar-refractivity contribution is 0.0946. The molecule has 0 saturated carbocycles. The SMILES string of the molecule is Nc1ccccc1NC(=O)c1ccc(CNC(=O)c2cc3ccccc3oc2=O)cc1. The lowest BCUT2D eigenvalue weighted by Crippen LogP contribution is -2.27. The Kier molecular flexibility index (Phi) is 5.49. The molecule has 0 spiro atoms. The number of hydrogen-bond donors (Lipinski definition) is 3. The Balaban J connectivity index is 1.41. The maximum Gasteiger partial charge on any atom is 0.349 e. The van der Waals surface area contributed by atoms with Gasteiger partial charge in [-0.05, 0) is 42.0 Å². The van der Waals surface area contributed by atoms with Crippen molar-refractivity contribution in [2.45, 2.75) is 6.54 Å². The van der Waals surface area contributed by atoms with Gasteiger partial charge in [0.25, 0.3) is 11.8 Å². The molecule has 0 bridgehead atoms. The average Bonchev–Trinajstić information content (AvgIpc) is 2.79. The number of rotatable bonds is 5. The van der Waals surface area contributed by atoms with Crippen molar-refractivity contribution in [1.82, 2.24) is 5.32 Å². The number of benzene rings is 3. The molecule has 0 radical (unpaired) electrons. The first kappa shape index (κ1) is 19.9. The third-order valence-corrected chi connectivity index (χ3v) is 4.76. The number of nitrogens with one attached hydrogen (secondary N) is 2. The van der Waals surface area contributed by atoms with Crippen molar-refractivity contribution in [3.8, 4) is 0 Å². The minimum atomic E-state index is -0.691. The molecule has 2 amide bonds. The minimum Gasteiger partial charge on any atom is -0.422 e. The molecule has 7 nitrogen and oxygen atoms in total. The molecule has 0 unspecified atom stereocenters. The average molecular weight is 413 g/mol. The molecule has 4 aromatic rings. The van der Waals surface area contributed by atoms with Crippen LogP contribution in [0.5, 0.6) is 0 Å². The van der Waals surface area contributed by atoms with E-state index in [0.29, 0.717) is 27.9 Å². The van der Waals surface area contributed by atoms with Gasteiger partial charge in [0.05, 0.1) is 11.4 Å². The lowest BCUT2D eigenvalue weighted by Gasteiger charge is -2.09. The van der Waals surface area contributed by atoms with E-state index in [-0.39, 0.29) is 18.0 Å². The molecule has 3 aromatic carbocycles. The topological polar surface area (TPSA) is 114 Å². The molecular formula is C24H19N3O4. The standard InChI is InChI=1S/C24H19N3O4/c25-19-6-2-3-7-20(19)27-22(28)16-11-9-15(10-12-16)14-26-23(29)18-13-17-5-1-4-8-21(17)31-24(18)30/h1-13H,14,25H2,(H,26,29)(H,27,28). The van der Waals surface area contributed by atoms with Gasteiger partial charge in [0.1, 0.15) is 11.1 Å². The zero-order valence-electron chi connectivity index (χ0n) is 16.4. The van der Waals surface area contributed by atoms with Crippen LogP contribution in [0.3, 0.4) is 0 Å². The zero-order valence-corrected chi connectivity index (χ0v) is 16.4. The molecule has 0 aliphatic carbocycles. The molecule has 1 heterocycles. The van der Waals surface area contributed by atoms with Gasteiger partial charge in [-0.25, -0.2) is 4.79 Å². The number of nitrogen functional groups attached to an aromatic ring is 1. The van der Waals surface area contributed by atoms with E-state index in [9.17, 15) is 14.4 Å². The van der Waals surface area contributed by atoms with E-state index in [1.165, 1.54) is 6.07 Å². The van der Waals surface area contributed by atoms with Crippen LogP contribution in [0.4, 0.5) is 11.4 Å². The number of anilines is 2. The van der Waals surface area contributed by atoms with Gasteiger partial charge in [-0.1, -0.05) is 42.5 Å². The Morgan fingerprint density at radius 1 is 0.871 bits per heavy atom. The van der Waals surface area contributed by atoms with Crippen LogP contribution in [0.1, 0.15) is 26.3 Å². The molecule has 31 heavy (non-hydrogen) atoms. The Hall–Kier alpha value is -4.39. The van der Waals surface area contributed by atoms with Crippen LogP contribution in [0.15, 0.2) is 88.1 Å². The van der Waals surface area contributed by atoms with Crippen LogP contribution >= 0.6 is 0 Å². The Morgan fingerprint density at radius 3 is 2.35 bits per heavy atom. The summed E-state index contributed by atoms with van der Waals surface area (Å²) in [6.45, 7) is 0.193. The molecular weight excluding hydrogens is 394 g/mol. The van der Waals surface area contributed by atoms with Crippen molar-refractivity contribution in [3.05, 3.63) is 106 Å². The number of para-hydroxylation sites is 3. The fraction of sp³-hybridized carbons (Fsp3) is 0.0417. The molecule has 0 atom stereocenters. The molecule has 154 valence electrons. The van der Waals surface area contributed by atoms with Crippen LogP contribution in [-0.2, 0) is 6.54 Å². The van der Waals surface area contributed by atoms with E-state index in [2.05, 4.69) is 10.6 Å². The van der Waals surface area contributed by atoms with Crippen LogP contribution in [0.25, 0.3) is 11.0 Å². The molecule has 4 N–H and O–H groups in total. The van der Waals surface area contributed by atoms with Crippen LogP contribution < -0.4 is 22.0 Å². The van der Waals surface area contributed by atoms with Crippen LogP contribution in [-0.4, -0.2) is 11.8 Å². The second-order valence-corrected chi connectivity index (χ2v) is 6.91. The number of nitrogens with two attached hydrogens (primary N) is 1. The Bertz CT molecular complexity index is 1330. The first-order valence-electron chi connectivity index (χ1n) is 9.57. The summed E-state index contributed by atoms with van der Waals surface area (Å²) in [6.07, 6.45) is 0. The summed E-state index contributed by atoms with van der Waals surface area (Å²) in [7, 11) is 0. The summed E-state index contributed by atoms with van der Waals surface area (Å²) in [5.74, 6) is -0.817. The third kappa shape index (κ3) is 4.45. The van der Waals surface area contributed by atoms with Crippen LogP contribution in [0.2, 0.25) is 0 Å². The first-order chi connectivity index (χ1) is 15.0. The summed E-state index contributed by atoms with van der Waals surface area (Å²) >= 11 is 0. The summed E-state index contributed by atoms with van der Waals surface area (Å²) in [6, 6.07) is 22.3. The predicted octanol–water partition coefficient (Wildman–Crippen LogP) is 3.56.